The predicted molar refractivity (Wildman–Crippen MR) is 74.5 cm³/mol. The van der Waals surface area contributed by atoms with Gasteiger partial charge in [0.1, 0.15) is 0 Å². The summed E-state index contributed by atoms with van der Waals surface area (Å²) >= 11 is 0. The lowest BCUT2D eigenvalue weighted by molar-refractivity contribution is 0.0982. The molecule has 1 aliphatic rings. The second-order valence-electron chi connectivity index (χ2n) is 4.92. The van der Waals surface area contributed by atoms with Crippen LogP contribution in [0.2, 0.25) is 0 Å². The van der Waals surface area contributed by atoms with Gasteiger partial charge >= 0.3 is 0 Å². The van der Waals surface area contributed by atoms with Gasteiger partial charge in [-0.2, -0.15) is 5.10 Å². The molecule has 0 saturated heterocycles. The summed E-state index contributed by atoms with van der Waals surface area (Å²) in [5.41, 5.74) is 4.34. The summed E-state index contributed by atoms with van der Waals surface area (Å²) in [6.07, 6.45) is 4.05. The Morgan fingerprint density at radius 3 is 3.11 bits per heavy atom. The van der Waals surface area contributed by atoms with Crippen LogP contribution in [0.1, 0.15) is 28.0 Å². The molecule has 19 heavy (non-hydrogen) atoms. The van der Waals surface area contributed by atoms with Crippen LogP contribution >= 0.6 is 0 Å². The fourth-order valence-corrected chi connectivity index (χ4v) is 2.51. The van der Waals surface area contributed by atoms with Crippen molar-refractivity contribution in [3.05, 3.63) is 47.3 Å². The zero-order valence-corrected chi connectivity index (χ0v) is 11.0. The van der Waals surface area contributed by atoms with Gasteiger partial charge in [0.05, 0.1) is 0 Å². The molecule has 4 heteroatoms. The Balaban J connectivity index is 1.69. The van der Waals surface area contributed by atoms with Gasteiger partial charge in [0.2, 0.25) is 0 Å². The number of carbonyl (C=O) groups excluding carboxylic acids is 1. The van der Waals surface area contributed by atoms with E-state index in [1.807, 2.05) is 36.0 Å². The van der Waals surface area contributed by atoms with Gasteiger partial charge in [0.15, 0.2) is 5.78 Å². The van der Waals surface area contributed by atoms with Crippen molar-refractivity contribution in [1.82, 2.24) is 9.78 Å². The van der Waals surface area contributed by atoms with Gasteiger partial charge in [-0.1, -0.05) is 0 Å². The van der Waals surface area contributed by atoms with E-state index in [0.717, 1.165) is 30.6 Å². The molecule has 0 bridgehead atoms. The standard InChI is InChI=1S/C15H17N3O/c1-18-13(7-9-17-18)3-5-15(19)12-2-4-14-11(10-12)6-8-16-14/h2,4,7,9-10,16H,3,5-6,8H2,1H3. The number of aromatic nitrogens is 2. The van der Waals surface area contributed by atoms with Crippen LogP contribution in [0.4, 0.5) is 5.69 Å². The first kappa shape index (κ1) is 12.0. The molecule has 1 aliphatic heterocycles. The summed E-state index contributed by atoms with van der Waals surface area (Å²) in [6.45, 7) is 0.974. The van der Waals surface area contributed by atoms with Crippen molar-refractivity contribution < 1.29 is 4.79 Å². The Bertz CT molecular complexity index is 616. The summed E-state index contributed by atoms with van der Waals surface area (Å²) in [5, 5.41) is 7.42. The van der Waals surface area contributed by atoms with Crippen molar-refractivity contribution in [2.24, 2.45) is 7.05 Å². The van der Waals surface area contributed by atoms with Crippen molar-refractivity contribution in [1.29, 1.82) is 0 Å². The molecule has 0 aliphatic carbocycles. The number of carbonyl (C=O) groups is 1. The summed E-state index contributed by atoms with van der Waals surface area (Å²) in [5.74, 6) is 0.205. The molecule has 3 rings (SSSR count). The van der Waals surface area contributed by atoms with E-state index >= 15 is 0 Å². The van der Waals surface area contributed by atoms with E-state index in [-0.39, 0.29) is 5.78 Å². The van der Waals surface area contributed by atoms with E-state index in [0.29, 0.717) is 6.42 Å². The molecule has 2 heterocycles. The number of hydrogen-bond donors (Lipinski definition) is 1. The number of nitrogens with one attached hydrogen (secondary N) is 1. The third-order valence-corrected chi connectivity index (χ3v) is 3.67. The average molecular weight is 255 g/mol. The lowest BCUT2D eigenvalue weighted by atomic mass is 10.0. The van der Waals surface area contributed by atoms with Crippen LogP contribution in [-0.2, 0) is 19.9 Å². The lowest BCUT2D eigenvalue weighted by Crippen LogP contribution is -2.05. The largest absolute Gasteiger partial charge is 0.384 e. The van der Waals surface area contributed by atoms with E-state index in [2.05, 4.69) is 10.4 Å². The van der Waals surface area contributed by atoms with Crippen LogP contribution < -0.4 is 5.32 Å². The van der Waals surface area contributed by atoms with Crippen molar-refractivity contribution in [3.63, 3.8) is 0 Å². The van der Waals surface area contributed by atoms with Crippen LogP contribution in [0.3, 0.4) is 0 Å². The highest BCUT2D eigenvalue weighted by molar-refractivity contribution is 5.96. The first-order chi connectivity index (χ1) is 9.24. The van der Waals surface area contributed by atoms with E-state index in [1.165, 1.54) is 11.3 Å². The minimum atomic E-state index is 0.205. The van der Waals surface area contributed by atoms with Crippen LogP contribution in [0.15, 0.2) is 30.5 Å². The first-order valence-electron chi connectivity index (χ1n) is 6.61. The molecular weight excluding hydrogens is 238 g/mol. The molecule has 98 valence electrons. The van der Waals surface area contributed by atoms with Gasteiger partial charge < -0.3 is 5.32 Å². The summed E-state index contributed by atoms with van der Waals surface area (Å²) < 4.78 is 1.82. The molecular formula is C15H17N3O. The number of aryl methyl sites for hydroxylation is 2. The maximum absolute atomic E-state index is 12.2. The fourth-order valence-electron chi connectivity index (χ4n) is 2.51. The highest BCUT2D eigenvalue weighted by Crippen LogP contribution is 2.23. The van der Waals surface area contributed by atoms with Crippen LogP contribution in [0.25, 0.3) is 0 Å². The number of Topliss-reactive ketones (excluding diaryl/α,β-unsaturated/α-hetero) is 1. The van der Waals surface area contributed by atoms with Crippen molar-refractivity contribution >= 4 is 11.5 Å². The molecule has 0 atom stereocenters. The predicted octanol–water partition coefficient (Wildman–Crippen LogP) is 2.20. The van der Waals surface area contributed by atoms with Gasteiger partial charge in [-0.15, -0.1) is 0 Å². The van der Waals surface area contributed by atoms with E-state index in [9.17, 15) is 4.79 Å². The van der Waals surface area contributed by atoms with Gasteiger partial charge in [-0.25, -0.2) is 0 Å². The first-order valence-corrected chi connectivity index (χ1v) is 6.61. The number of nitrogens with zero attached hydrogens (tertiary/aromatic N) is 2. The number of rotatable bonds is 4. The van der Waals surface area contributed by atoms with Crippen LogP contribution in [-0.4, -0.2) is 22.1 Å². The maximum atomic E-state index is 12.2. The van der Waals surface area contributed by atoms with Gasteiger partial charge in [-0.05, 0) is 42.7 Å². The van der Waals surface area contributed by atoms with Gasteiger partial charge in [-0.3, -0.25) is 9.48 Å². The zero-order chi connectivity index (χ0) is 13.2. The fraction of sp³-hybridized carbons (Fsp3) is 0.333. The van der Waals surface area contributed by atoms with Gasteiger partial charge in [0.25, 0.3) is 0 Å². The topological polar surface area (TPSA) is 46.9 Å². The second kappa shape index (κ2) is 4.88. The molecule has 4 nitrogen and oxygen atoms in total. The Morgan fingerprint density at radius 1 is 1.42 bits per heavy atom. The van der Waals surface area contributed by atoms with E-state index in [1.54, 1.807) is 6.20 Å². The maximum Gasteiger partial charge on any atom is 0.163 e. The average Bonchev–Trinajstić information content (AvgIpc) is 3.03. The normalized spacial score (nSPS) is 13.1. The molecule has 0 amide bonds. The SMILES string of the molecule is Cn1nccc1CCC(=O)c1ccc2c(c1)CCN2. The minimum absolute atomic E-state index is 0.205. The third kappa shape index (κ3) is 2.38. The highest BCUT2D eigenvalue weighted by Gasteiger charge is 2.13. The number of benzene rings is 1. The molecule has 0 saturated carbocycles. The second-order valence-corrected chi connectivity index (χ2v) is 4.92. The molecule has 0 spiro atoms. The van der Waals surface area contributed by atoms with E-state index < -0.39 is 0 Å². The summed E-state index contributed by atoms with van der Waals surface area (Å²) in [4.78, 5) is 12.2. The number of ketones is 1. The Kier molecular flexibility index (Phi) is 3.07. The molecule has 0 radical (unpaired) electrons. The third-order valence-electron chi connectivity index (χ3n) is 3.67. The summed E-state index contributed by atoms with van der Waals surface area (Å²) in [6, 6.07) is 7.92. The van der Waals surface area contributed by atoms with Crippen molar-refractivity contribution in [2.75, 3.05) is 11.9 Å². The summed E-state index contributed by atoms with van der Waals surface area (Å²) in [7, 11) is 1.90. The molecule has 0 fully saturated rings. The smallest absolute Gasteiger partial charge is 0.163 e. The number of anilines is 1. The van der Waals surface area contributed by atoms with Crippen LogP contribution in [0, 0.1) is 0 Å². The Morgan fingerprint density at radius 2 is 2.32 bits per heavy atom. The number of hydrogen-bond acceptors (Lipinski definition) is 3. The monoisotopic (exact) mass is 255 g/mol. The lowest BCUT2D eigenvalue weighted by Gasteiger charge is -2.05. The molecule has 0 unspecified atom stereocenters. The minimum Gasteiger partial charge on any atom is -0.384 e. The van der Waals surface area contributed by atoms with E-state index in [4.69, 9.17) is 0 Å². The van der Waals surface area contributed by atoms with Crippen molar-refractivity contribution in [3.8, 4) is 0 Å². The molecule has 1 N–H and O–H groups in total. The molecule has 1 aromatic heterocycles. The van der Waals surface area contributed by atoms with Gasteiger partial charge in [0, 0.05) is 43.2 Å². The highest BCUT2D eigenvalue weighted by atomic mass is 16.1. The quantitative estimate of drug-likeness (QED) is 0.852. The Labute approximate surface area is 112 Å². The molecule has 2 aromatic rings. The van der Waals surface area contributed by atoms with Crippen LogP contribution in [0.5, 0.6) is 0 Å². The zero-order valence-electron chi connectivity index (χ0n) is 11.0. The molecule has 1 aromatic carbocycles. The number of fused-ring (bicyclic) bond motifs is 1. The Hall–Kier alpha value is -2.10. The van der Waals surface area contributed by atoms with Crippen molar-refractivity contribution in [2.45, 2.75) is 19.3 Å².